The lowest BCUT2D eigenvalue weighted by Crippen LogP contribution is -1.86. The van der Waals surface area contributed by atoms with Crippen LogP contribution in [-0.2, 0) is 11.2 Å². The van der Waals surface area contributed by atoms with Crippen LogP contribution in [0.15, 0.2) is 34.9 Å². The summed E-state index contributed by atoms with van der Waals surface area (Å²) in [6.07, 6.45) is 3.92. The summed E-state index contributed by atoms with van der Waals surface area (Å²) in [5, 5.41) is 0. The van der Waals surface area contributed by atoms with Gasteiger partial charge in [0.15, 0.2) is 0 Å². The van der Waals surface area contributed by atoms with Crippen molar-refractivity contribution in [3.63, 3.8) is 0 Å². The molecule has 0 amide bonds. The molecule has 0 saturated carbocycles. The first-order valence-electron chi connectivity index (χ1n) is 5.24. The van der Waals surface area contributed by atoms with Gasteiger partial charge in [0.2, 0.25) is 5.89 Å². The van der Waals surface area contributed by atoms with Crippen molar-refractivity contribution in [2.75, 3.05) is 0 Å². The molecule has 1 aromatic carbocycles. The minimum absolute atomic E-state index is 0.567. The van der Waals surface area contributed by atoms with E-state index in [9.17, 15) is 4.79 Å². The van der Waals surface area contributed by atoms with Crippen LogP contribution in [0.25, 0.3) is 11.5 Å². The number of aryl methyl sites for hydroxylation is 2. The van der Waals surface area contributed by atoms with E-state index in [0.29, 0.717) is 12.3 Å². The molecule has 1 aromatic heterocycles. The van der Waals surface area contributed by atoms with Crippen LogP contribution in [0.4, 0.5) is 0 Å². The number of carbonyl (C=O) groups excluding carboxylic acids is 1. The zero-order valence-electron chi connectivity index (χ0n) is 9.14. The van der Waals surface area contributed by atoms with Crippen molar-refractivity contribution in [2.24, 2.45) is 0 Å². The zero-order chi connectivity index (χ0) is 11.4. The largest absolute Gasteiger partial charge is 0.444 e. The van der Waals surface area contributed by atoms with Gasteiger partial charge in [-0.15, -0.1) is 0 Å². The highest BCUT2D eigenvalue weighted by Gasteiger charge is 2.03. The average Bonchev–Trinajstić information content (AvgIpc) is 2.74. The normalized spacial score (nSPS) is 10.3. The van der Waals surface area contributed by atoms with E-state index in [2.05, 4.69) is 4.98 Å². The molecular formula is C13H13NO2. The molecular weight excluding hydrogens is 202 g/mol. The lowest BCUT2D eigenvalue weighted by atomic mass is 10.1. The summed E-state index contributed by atoms with van der Waals surface area (Å²) < 4.78 is 5.30. The van der Waals surface area contributed by atoms with Crippen molar-refractivity contribution in [1.29, 1.82) is 0 Å². The fraction of sp³-hybridized carbons (Fsp3) is 0.231. The minimum Gasteiger partial charge on any atom is -0.444 e. The van der Waals surface area contributed by atoms with Gasteiger partial charge in [-0.3, -0.25) is 0 Å². The first kappa shape index (κ1) is 10.6. The van der Waals surface area contributed by atoms with E-state index < -0.39 is 0 Å². The number of hydrogen-bond acceptors (Lipinski definition) is 3. The van der Waals surface area contributed by atoms with E-state index in [1.54, 1.807) is 6.26 Å². The Hall–Kier alpha value is -1.90. The Morgan fingerprint density at radius 1 is 1.31 bits per heavy atom. The number of carbonyl (C=O) groups is 1. The van der Waals surface area contributed by atoms with E-state index in [0.717, 1.165) is 29.5 Å². The second kappa shape index (κ2) is 4.75. The van der Waals surface area contributed by atoms with E-state index in [1.165, 1.54) is 0 Å². The van der Waals surface area contributed by atoms with E-state index >= 15 is 0 Å². The van der Waals surface area contributed by atoms with Gasteiger partial charge in [-0.2, -0.15) is 0 Å². The SMILES string of the molecule is Cc1coc(-c2ccc(CCC=O)cc2)n1. The molecule has 0 radical (unpaired) electrons. The first-order valence-corrected chi connectivity index (χ1v) is 5.24. The number of benzene rings is 1. The lowest BCUT2D eigenvalue weighted by molar-refractivity contribution is -0.107. The second-order valence-electron chi connectivity index (χ2n) is 3.70. The highest BCUT2D eigenvalue weighted by Crippen LogP contribution is 2.19. The van der Waals surface area contributed by atoms with Crippen molar-refractivity contribution >= 4 is 6.29 Å². The van der Waals surface area contributed by atoms with Gasteiger partial charge in [0.25, 0.3) is 0 Å². The third-order valence-corrected chi connectivity index (χ3v) is 2.37. The van der Waals surface area contributed by atoms with Crippen LogP contribution in [-0.4, -0.2) is 11.3 Å². The highest BCUT2D eigenvalue weighted by molar-refractivity contribution is 5.54. The van der Waals surface area contributed by atoms with Crippen LogP contribution >= 0.6 is 0 Å². The molecule has 82 valence electrons. The van der Waals surface area contributed by atoms with Gasteiger partial charge in [0.1, 0.15) is 12.5 Å². The highest BCUT2D eigenvalue weighted by atomic mass is 16.3. The first-order chi connectivity index (χ1) is 7.79. The fourth-order valence-electron chi connectivity index (χ4n) is 1.53. The van der Waals surface area contributed by atoms with Crippen molar-refractivity contribution in [3.05, 3.63) is 41.8 Å². The summed E-state index contributed by atoms with van der Waals surface area (Å²) in [6, 6.07) is 7.92. The summed E-state index contributed by atoms with van der Waals surface area (Å²) >= 11 is 0. The maximum atomic E-state index is 10.2. The van der Waals surface area contributed by atoms with Gasteiger partial charge in [-0.05, 0) is 31.0 Å². The van der Waals surface area contributed by atoms with Crippen molar-refractivity contribution in [3.8, 4) is 11.5 Å². The number of nitrogens with zero attached hydrogens (tertiary/aromatic N) is 1. The molecule has 0 fully saturated rings. The lowest BCUT2D eigenvalue weighted by Gasteiger charge is -1.99. The predicted molar refractivity (Wildman–Crippen MR) is 61.1 cm³/mol. The summed E-state index contributed by atoms with van der Waals surface area (Å²) in [7, 11) is 0. The topological polar surface area (TPSA) is 43.1 Å². The van der Waals surface area contributed by atoms with Crippen LogP contribution < -0.4 is 0 Å². The van der Waals surface area contributed by atoms with Gasteiger partial charge in [0, 0.05) is 12.0 Å². The minimum atomic E-state index is 0.567. The number of hydrogen-bond donors (Lipinski definition) is 0. The van der Waals surface area contributed by atoms with E-state index in [1.807, 2.05) is 31.2 Å². The van der Waals surface area contributed by atoms with Crippen molar-refractivity contribution in [1.82, 2.24) is 4.98 Å². The van der Waals surface area contributed by atoms with Crippen molar-refractivity contribution < 1.29 is 9.21 Å². The number of aldehydes is 1. The quantitative estimate of drug-likeness (QED) is 0.736. The molecule has 0 N–H and O–H groups in total. The van der Waals surface area contributed by atoms with E-state index in [-0.39, 0.29) is 0 Å². The predicted octanol–water partition coefficient (Wildman–Crippen LogP) is 2.78. The Morgan fingerprint density at radius 3 is 2.62 bits per heavy atom. The molecule has 3 nitrogen and oxygen atoms in total. The smallest absolute Gasteiger partial charge is 0.226 e. The Balaban J connectivity index is 2.15. The van der Waals surface area contributed by atoms with E-state index in [4.69, 9.17) is 4.42 Å². The third-order valence-electron chi connectivity index (χ3n) is 2.37. The second-order valence-corrected chi connectivity index (χ2v) is 3.70. The van der Waals surface area contributed by atoms with Gasteiger partial charge >= 0.3 is 0 Å². The monoisotopic (exact) mass is 215 g/mol. The Labute approximate surface area is 94.1 Å². The molecule has 0 bridgehead atoms. The number of aromatic nitrogens is 1. The summed E-state index contributed by atoms with van der Waals surface area (Å²) in [5.74, 6) is 0.638. The van der Waals surface area contributed by atoms with Crippen LogP contribution in [0.2, 0.25) is 0 Å². The summed E-state index contributed by atoms with van der Waals surface area (Å²) in [4.78, 5) is 14.5. The Kier molecular flexibility index (Phi) is 3.15. The van der Waals surface area contributed by atoms with Crippen LogP contribution in [0.5, 0.6) is 0 Å². The molecule has 0 spiro atoms. The molecule has 0 saturated heterocycles. The molecule has 2 aromatic rings. The van der Waals surface area contributed by atoms with Crippen LogP contribution in [0.3, 0.4) is 0 Å². The fourth-order valence-corrected chi connectivity index (χ4v) is 1.53. The summed E-state index contributed by atoms with van der Waals surface area (Å²) in [5.41, 5.74) is 2.99. The molecule has 16 heavy (non-hydrogen) atoms. The average molecular weight is 215 g/mol. The molecule has 1 heterocycles. The zero-order valence-corrected chi connectivity index (χ0v) is 9.14. The van der Waals surface area contributed by atoms with Gasteiger partial charge in [0.05, 0.1) is 5.69 Å². The molecule has 0 unspecified atom stereocenters. The molecule has 3 heteroatoms. The third kappa shape index (κ3) is 2.37. The number of oxazole rings is 1. The van der Waals surface area contributed by atoms with Gasteiger partial charge in [-0.25, -0.2) is 4.98 Å². The maximum absolute atomic E-state index is 10.2. The number of rotatable bonds is 4. The molecule has 0 aliphatic carbocycles. The molecule has 0 aliphatic heterocycles. The standard InChI is InChI=1S/C13H13NO2/c1-10-9-16-13(14-10)12-6-4-11(5-7-12)3-2-8-15/h4-9H,2-3H2,1H3. The molecule has 0 aliphatic rings. The molecule has 2 rings (SSSR count). The van der Waals surface area contributed by atoms with Gasteiger partial charge in [-0.1, -0.05) is 12.1 Å². The van der Waals surface area contributed by atoms with Crippen LogP contribution in [0, 0.1) is 6.92 Å². The van der Waals surface area contributed by atoms with Crippen molar-refractivity contribution in [2.45, 2.75) is 19.8 Å². The maximum Gasteiger partial charge on any atom is 0.226 e. The molecule has 0 atom stereocenters. The summed E-state index contributed by atoms with van der Waals surface area (Å²) in [6.45, 7) is 1.89. The Bertz CT molecular complexity index is 471. The van der Waals surface area contributed by atoms with Crippen LogP contribution in [0.1, 0.15) is 17.7 Å². The van der Waals surface area contributed by atoms with Gasteiger partial charge < -0.3 is 9.21 Å². The Morgan fingerprint density at radius 2 is 2.06 bits per heavy atom.